The molecule has 214 valence electrons. The zero-order valence-corrected chi connectivity index (χ0v) is 25.5. The molecule has 3 nitrogen and oxygen atoms in total. The minimum atomic E-state index is 0.829. The van der Waals surface area contributed by atoms with Gasteiger partial charge in [0, 0.05) is 42.1 Å². The molecule has 3 heterocycles. The predicted molar refractivity (Wildman–Crippen MR) is 195 cm³/mol. The number of benzene rings is 7. The molecule has 10 rings (SSSR count). The lowest BCUT2D eigenvalue weighted by atomic mass is 9.97. The molecule has 10 aromatic rings. The Morgan fingerprint density at radius 3 is 2.00 bits per heavy atom. The van der Waals surface area contributed by atoms with E-state index in [1.807, 2.05) is 35.6 Å². The Labute approximate surface area is 268 Å². The van der Waals surface area contributed by atoms with E-state index < -0.39 is 0 Å². The van der Waals surface area contributed by atoms with E-state index in [0.717, 1.165) is 39.1 Å². The van der Waals surface area contributed by atoms with E-state index in [2.05, 4.69) is 132 Å². The first kappa shape index (κ1) is 25.5. The summed E-state index contributed by atoms with van der Waals surface area (Å²) in [5.41, 5.74) is 8.31. The number of nitrogens with zero attached hydrogens (tertiary/aromatic N) is 3. The molecule has 0 saturated heterocycles. The summed E-state index contributed by atoms with van der Waals surface area (Å²) in [6.45, 7) is 0. The average molecular weight is 604 g/mol. The summed E-state index contributed by atoms with van der Waals surface area (Å²) in [6.07, 6.45) is 0. The molecule has 0 amide bonds. The normalized spacial score (nSPS) is 11.9. The van der Waals surface area contributed by atoms with Crippen LogP contribution in [0.4, 0.5) is 0 Å². The first-order valence-corrected chi connectivity index (χ1v) is 16.3. The topological polar surface area (TPSA) is 30.7 Å². The molecule has 46 heavy (non-hydrogen) atoms. The van der Waals surface area contributed by atoms with Crippen molar-refractivity contribution >= 4 is 75.1 Å². The van der Waals surface area contributed by atoms with Gasteiger partial charge in [-0.15, -0.1) is 11.3 Å². The van der Waals surface area contributed by atoms with Crippen LogP contribution in [-0.2, 0) is 0 Å². The van der Waals surface area contributed by atoms with Crippen molar-refractivity contribution in [2.75, 3.05) is 0 Å². The molecule has 0 saturated carbocycles. The first-order chi connectivity index (χ1) is 22.8. The fourth-order valence-electron chi connectivity index (χ4n) is 7.12. The lowest BCUT2D eigenvalue weighted by molar-refractivity contribution is 1.08. The highest BCUT2D eigenvalue weighted by Crippen LogP contribution is 2.45. The Balaban J connectivity index is 1.42. The Hall–Kier alpha value is -5.84. The molecule has 3 aromatic heterocycles. The second-order valence-electron chi connectivity index (χ2n) is 11.8. The van der Waals surface area contributed by atoms with Crippen molar-refractivity contribution in [1.29, 1.82) is 0 Å². The van der Waals surface area contributed by atoms with Gasteiger partial charge in [-0.3, -0.25) is 4.57 Å². The number of rotatable bonds is 3. The lowest BCUT2D eigenvalue weighted by Crippen LogP contribution is -2.04. The van der Waals surface area contributed by atoms with E-state index in [1.54, 1.807) is 0 Å². The highest BCUT2D eigenvalue weighted by molar-refractivity contribution is 7.25. The maximum Gasteiger partial charge on any atom is 0.165 e. The van der Waals surface area contributed by atoms with E-state index >= 15 is 0 Å². The van der Waals surface area contributed by atoms with Crippen molar-refractivity contribution in [3.63, 3.8) is 0 Å². The highest BCUT2D eigenvalue weighted by Gasteiger charge is 2.23. The van der Waals surface area contributed by atoms with Crippen molar-refractivity contribution in [1.82, 2.24) is 14.5 Å². The zero-order chi connectivity index (χ0) is 30.2. The molecule has 0 aliphatic heterocycles. The minimum absolute atomic E-state index is 0.829. The third-order valence-electron chi connectivity index (χ3n) is 9.16. The highest BCUT2D eigenvalue weighted by atomic mass is 32.1. The lowest BCUT2D eigenvalue weighted by Gasteiger charge is -2.16. The molecule has 0 N–H and O–H groups in total. The smallest absolute Gasteiger partial charge is 0.165 e. The van der Waals surface area contributed by atoms with Crippen LogP contribution in [0.15, 0.2) is 152 Å². The number of hydrogen-bond donors (Lipinski definition) is 0. The minimum Gasteiger partial charge on any atom is -0.291 e. The van der Waals surface area contributed by atoms with E-state index in [9.17, 15) is 0 Å². The van der Waals surface area contributed by atoms with Crippen molar-refractivity contribution in [3.05, 3.63) is 152 Å². The van der Waals surface area contributed by atoms with E-state index in [1.165, 1.54) is 52.8 Å². The van der Waals surface area contributed by atoms with Gasteiger partial charge in [0.15, 0.2) is 5.82 Å². The Kier molecular flexibility index (Phi) is 5.45. The molecule has 7 aromatic carbocycles. The molecule has 0 fully saturated rings. The summed E-state index contributed by atoms with van der Waals surface area (Å²) >= 11 is 1.86. The Bertz CT molecular complexity index is 2810. The fourth-order valence-corrected chi connectivity index (χ4v) is 8.26. The van der Waals surface area contributed by atoms with Gasteiger partial charge in [0.2, 0.25) is 0 Å². The monoisotopic (exact) mass is 603 g/mol. The molecule has 4 heteroatoms. The first-order valence-electron chi connectivity index (χ1n) is 15.5. The van der Waals surface area contributed by atoms with Crippen LogP contribution in [0.2, 0.25) is 0 Å². The second kappa shape index (κ2) is 9.83. The summed E-state index contributed by atoms with van der Waals surface area (Å²) in [5, 5.41) is 7.40. The second-order valence-corrected chi connectivity index (χ2v) is 12.9. The van der Waals surface area contributed by atoms with Crippen LogP contribution in [0, 0.1) is 0 Å². The van der Waals surface area contributed by atoms with Gasteiger partial charge >= 0.3 is 0 Å². The van der Waals surface area contributed by atoms with Gasteiger partial charge in [0.1, 0.15) is 5.69 Å². The summed E-state index contributed by atoms with van der Waals surface area (Å²) < 4.78 is 4.97. The standard InChI is InChI=1S/C42H25N3S/c1-2-12-26(13-3-1)40-42(44-35-21-8-7-20-34(35)43-40)45-36-25-28-15-5-4-14-27(28)24-33(36)31-19-10-18-30(41(31)45)29-17-11-23-38-39(29)32-16-6-9-22-37(32)46-38/h1-25H. The molecule has 0 aliphatic rings. The van der Waals surface area contributed by atoms with E-state index in [0.29, 0.717) is 0 Å². The maximum absolute atomic E-state index is 5.41. The number of hydrogen-bond acceptors (Lipinski definition) is 3. The van der Waals surface area contributed by atoms with Gasteiger partial charge in [0.05, 0.1) is 22.1 Å². The van der Waals surface area contributed by atoms with Crippen LogP contribution in [0.1, 0.15) is 0 Å². The van der Waals surface area contributed by atoms with Gasteiger partial charge in [-0.1, -0.05) is 115 Å². The quantitative estimate of drug-likeness (QED) is 0.201. The summed E-state index contributed by atoms with van der Waals surface area (Å²) in [4.78, 5) is 10.7. The largest absolute Gasteiger partial charge is 0.291 e. The molecule has 0 radical (unpaired) electrons. The fraction of sp³-hybridized carbons (Fsp3) is 0. The molecule has 0 bridgehead atoms. The molecule has 0 spiro atoms. The van der Waals surface area contributed by atoms with Crippen molar-refractivity contribution in [2.45, 2.75) is 0 Å². The van der Waals surface area contributed by atoms with Gasteiger partial charge in [-0.25, -0.2) is 9.97 Å². The summed E-state index contributed by atoms with van der Waals surface area (Å²) in [5.74, 6) is 0.829. The van der Waals surface area contributed by atoms with Gasteiger partial charge < -0.3 is 0 Å². The molecule has 0 unspecified atom stereocenters. The van der Waals surface area contributed by atoms with E-state index in [-0.39, 0.29) is 0 Å². The summed E-state index contributed by atoms with van der Waals surface area (Å²) in [7, 11) is 0. The number of aromatic nitrogens is 3. The van der Waals surface area contributed by atoms with Crippen LogP contribution in [-0.4, -0.2) is 14.5 Å². The van der Waals surface area contributed by atoms with E-state index in [4.69, 9.17) is 9.97 Å². The number of fused-ring (bicyclic) bond motifs is 8. The van der Waals surface area contributed by atoms with Crippen LogP contribution < -0.4 is 0 Å². The Morgan fingerprint density at radius 1 is 0.478 bits per heavy atom. The Morgan fingerprint density at radius 2 is 1.13 bits per heavy atom. The van der Waals surface area contributed by atoms with Crippen molar-refractivity contribution in [3.8, 4) is 28.2 Å². The molecular formula is C42H25N3S. The number of para-hydroxylation sites is 3. The molecule has 0 aliphatic carbocycles. The SMILES string of the molecule is c1ccc(-c2nc3ccccc3nc2-n2c3cc4ccccc4cc3c3cccc(-c4cccc5sc6ccccc6c45)c32)cc1. The predicted octanol–water partition coefficient (Wildman–Crippen LogP) is 11.6. The van der Waals surface area contributed by atoms with Crippen LogP contribution in [0.25, 0.3) is 92.0 Å². The van der Waals surface area contributed by atoms with Crippen molar-refractivity contribution < 1.29 is 0 Å². The van der Waals surface area contributed by atoms with Crippen LogP contribution in [0.3, 0.4) is 0 Å². The average Bonchev–Trinajstić information content (AvgIpc) is 3.66. The van der Waals surface area contributed by atoms with Crippen LogP contribution >= 0.6 is 11.3 Å². The third-order valence-corrected chi connectivity index (χ3v) is 10.3. The van der Waals surface area contributed by atoms with Gasteiger partial charge in [0.25, 0.3) is 0 Å². The zero-order valence-electron chi connectivity index (χ0n) is 24.7. The van der Waals surface area contributed by atoms with Crippen LogP contribution in [0.5, 0.6) is 0 Å². The van der Waals surface area contributed by atoms with Gasteiger partial charge in [-0.2, -0.15) is 0 Å². The van der Waals surface area contributed by atoms with Crippen molar-refractivity contribution in [2.24, 2.45) is 0 Å². The summed E-state index contributed by atoms with van der Waals surface area (Å²) in [6, 6.07) is 54.1. The maximum atomic E-state index is 5.41. The molecule has 0 atom stereocenters. The molecular weight excluding hydrogens is 579 g/mol. The number of thiophene rings is 1. The van der Waals surface area contributed by atoms with Gasteiger partial charge in [-0.05, 0) is 52.7 Å². The third kappa shape index (κ3) is 3.71.